The Morgan fingerprint density at radius 1 is 0.750 bits per heavy atom. The van der Waals surface area contributed by atoms with Crippen LogP contribution in [0.4, 0.5) is 4.79 Å². The first-order chi connectivity index (χ1) is 17.6. The maximum Gasteiger partial charge on any atom is 0.407 e. The molecule has 0 heterocycles. The average Bonchev–Trinajstić information content (AvgIpc) is 3.24. The van der Waals surface area contributed by atoms with Crippen LogP contribution in [0.1, 0.15) is 29.0 Å². The molecule has 1 amide bonds. The van der Waals surface area contributed by atoms with Gasteiger partial charge in [-0.3, -0.25) is 0 Å². The molecule has 1 aliphatic carbocycles. The minimum Gasteiger partial charge on any atom is -0.480 e. The zero-order valence-corrected chi connectivity index (χ0v) is 19.8. The Morgan fingerprint density at radius 2 is 1.31 bits per heavy atom. The van der Waals surface area contributed by atoms with Gasteiger partial charge in [0.05, 0.1) is 0 Å². The molecule has 0 spiro atoms. The van der Waals surface area contributed by atoms with E-state index in [1.54, 1.807) is 0 Å². The number of alkyl carbamates (subject to hydrolysis) is 1. The summed E-state index contributed by atoms with van der Waals surface area (Å²) < 4.78 is 5.52. The molecule has 36 heavy (non-hydrogen) atoms. The third-order valence-corrected chi connectivity index (χ3v) is 6.72. The number of carboxylic acid groups (broad SMARTS) is 1. The molecule has 5 heteroatoms. The zero-order chi connectivity index (χ0) is 24.9. The SMILES string of the molecule is O=C(N[C@@H](CCc1ccc(-c2ccccc2)cc1)C(=O)O)OCC1c2ccccc2-c2ccccc21. The van der Waals surface area contributed by atoms with E-state index < -0.39 is 18.1 Å². The Bertz CT molecular complexity index is 1320. The van der Waals surface area contributed by atoms with Crippen molar-refractivity contribution in [3.05, 3.63) is 120 Å². The van der Waals surface area contributed by atoms with Crippen molar-refractivity contribution in [2.75, 3.05) is 6.61 Å². The molecule has 4 aromatic rings. The summed E-state index contributed by atoms with van der Waals surface area (Å²) in [6, 6.07) is 33.3. The Labute approximate surface area is 210 Å². The van der Waals surface area contributed by atoms with Gasteiger partial charge in [-0.2, -0.15) is 0 Å². The number of amides is 1. The van der Waals surface area contributed by atoms with Crippen LogP contribution < -0.4 is 5.32 Å². The number of nitrogens with one attached hydrogen (secondary N) is 1. The number of ether oxygens (including phenoxy) is 1. The van der Waals surface area contributed by atoms with Crippen LogP contribution in [0.5, 0.6) is 0 Å². The Hall–Kier alpha value is -4.38. The third-order valence-electron chi connectivity index (χ3n) is 6.72. The number of rotatable bonds is 8. The predicted molar refractivity (Wildman–Crippen MR) is 140 cm³/mol. The number of aliphatic carboxylic acids is 1. The minimum absolute atomic E-state index is 0.0745. The van der Waals surface area contributed by atoms with Crippen LogP contribution in [0.3, 0.4) is 0 Å². The van der Waals surface area contributed by atoms with Crippen molar-refractivity contribution in [3.63, 3.8) is 0 Å². The van der Waals surface area contributed by atoms with Gasteiger partial charge in [0.15, 0.2) is 0 Å². The maximum atomic E-state index is 12.6. The van der Waals surface area contributed by atoms with E-state index in [4.69, 9.17) is 4.74 Å². The van der Waals surface area contributed by atoms with Gasteiger partial charge in [-0.15, -0.1) is 0 Å². The molecular formula is C31H27NO4. The van der Waals surface area contributed by atoms with Crippen molar-refractivity contribution in [3.8, 4) is 22.3 Å². The van der Waals surface area contributed by atoms with Crippen molar-refractivity contribution >= 4 is 12.1 Å². The lowest BCUT2D eigenvalue weighted by Crippen LogP contribution is -2.41. The topological polar surface area (TPSA) is 75.6 Å². The second kappa shape index (κ2) is 10.5. The van der Waals surface area contributed by atoms with Gasteiger partial charge in [0.25, 0.3) is 0 Å². The smallest absolute Gasteiger partial charge is 0.407 e. The molecule has 5 nitrogen and oxygen atoms in total. The molecular weight excluding hydrogens is 450 g/mol. The molecule has 0 unspecified atom stereocenters. The summed E-state index contributed by atoms with van der Waals surface area (Å²) in [5.74, 6) is -1.15. The summed E-state index contributed by atoms with van der Waals surface area (Å²) in [5.41, 5.74) is 7.75. The normalized spacial score (nSPS) is 12.9. The first kappa shape index (κ1) is 23.4. The van der Waals surface area contributed by atoms with Crippen molar-refractivity contribution in [1.82, 2.24) is 5.32 Å². The first-order valence-corrected chi connectivity index (χ1v) is 12.1. The lowest BCUT2D eigenvalue weighted by molar-refractivity contribution is -0.139. The zero-order valence-electron chi connectivity index (χ0n) is 19.8. The summed E-state index contributed by atoms with van der Waals surface area (Å²) in [4.78, 5) is 24.4. The minimum atomic E-state index is -1.08. The highest BCUT2D eigenvalue weighted by molar-refractivity contribution is 5.81. The van der Waals surface area contributed by atoms with Crippen LogP contribution in [-0.2, 0) is 16.0 Å². The highest BCUT2D eigenvalue weighted by Gasteiger charge is 2.29. The monoisotopic (exact) mass is 477 g/mol. The molecule has 1 atom stereocenters. The Balaban J connectivity index is 1.18. The summed E-state index contributed by atoms with van der Waals surface area (Å²) >= 11 is 0. The lowest BCUT2D eigenvalue weighted by atomic mass is 9.98. The molecule has 0 fully saturated rings. The van der Waals surface area contributed by atoms with Gasteiger partial charge in [-0.25, -0.2) is 9.59 Å². The molecule has 0 bridgehead atoms. The van der Waals surface area contributed by atoms with Crippen molar-refractivity contribution in [2.45, 2.75) is 24.8 Å². The molecule has 0 aromatic heterocycles. The van der Waals surface area contributed by atoms with E-state index in [2.05, 4.69) is 17.4 Å². The Morgan fingerprint density at radius 3 is 1.92 bits per heavy atom. The van der Waals surface area contributed by atoms with Gasteiger partial charge in [0.1, 0.15) is 12.6 Å². The number of aryl methyl sites for hydroxylation is 1. The van der Waals surface area contributed by atoms with Crippen molar-refractivity contribution in [2.24, 2.45) is 0 Å². The molecule has 0 aliphatic heterocycles. The van der Waals surface area contributed by atoms with Crippen LogP contribution >= 0.6 is 0 Å². The lowest BCUT2D eigenvalue weighted by Gasteiger charge is -2.17. The van der Waals surface area contributed by atoms with Crippen LogP contribution in [0, 0.1) is 0 Å². The van der Waals surface area contributed by atoms with Gasteiger partial charge in [-0.05, 0) is 51.8 Å². The van der Waals surface area contributed by atoms with Gasteiger partial charge >= 0.3 is 12.1 Å². The number of hydrogen-bond donors (Lipinski definition) is 2. The van der Waals surface area contributed by atoms with Crippen LogP contribution in [-0.4, -0.2) is 29.8 Å². The van der Waals surface area contributed by atoms with E-state index in [0.717, 1.165) is 38.9 Å². The van der Waals surface area contributed by atoms with Gasteiger partial charge in [0.2, 0.25) is 0 Å². The molecule has 5 rings (SSSR count). The summed E-state index contributed by atoms with van der Waals surface area (Å²) in [6.45, 7) is 0.146. The number of carboxylic acids is 1. The molecule has 0 radical (unpaired) electrons. The van der Waals surface area contributed by atoms with E-state index in [1.165, 1.54) is 0 Å². The number of hydrogen-bond acceptors (Lipinski definition) is 3. The second-order valence-electron chi connectivity index (χ2n) is 8.96. The number of fused-ring (bicyclic) bond motifs is 3. The van der Waals surface area contributed by atoms with E-state index in [-0.39, 0.29) is 18.9 Å². The molecule has 180 valence electrons. The fraction of sp³-hybridized carbons (Fsp3) is 0.161. The van der Waals surface area contributed by atoms with E-state index in [1.807, 2.05) is 91.0 Å². The standard InChI is InChI=1S/C31H27NO4/c33-30(34)29(19-16-21-14-17-23(18-15-21)22-8-2-1-3-9-22)32-31(35)36-20-28-26-12-6-4-10-24(26)25-11-5-7-13-27(25)28/h1-15,17-18,28-29H,16,19-20H2,(H,32,35)(H,33,34)/t29-/m0/s1. The van der Waals surface area contributed by atoms with Gasteiger partial charge in [-0.1, -0.05) is 103 Å². The average molecular weight is 478 g/mol. The van der Waals surface area contributed by atoms with E-state index in [0.29, 0.717) is 6.42 Å². The quantitative estimate of drug-likeness (QED) is 0.313. The van der Waals surface area contributed by atoms with E-state index in [9.17, 15) is 14.7 Å². The first-order valence-electron chi connectivity index (χ1n) is 12.1. The van der Waals surface area contributed by atoms with Crippen LogP contribution in [0.15, 0.2) is 103 Å². The number of carbonyl (C=O) groups excluding carboxylic acids is 1. The van der Waals surface area contributed by atoms with Crippen LogP contribution in [0.2, 0.25) is 0 Å². The Kier molecular flexibility index (Phi) is 6.80. The molecule has 2 N–H and O–H groups in total. The third kappa shape index (κ3) is 5.01. The highest BCUT2D eigenvalue weighted by atomic mass is 16.5. The highest BCUT2D eigenvalue weighted by Crippen LogP contribution is 2.44. The summed E-state index contributed by atoms with van der Waals surface area (Å²) in [5, 5.41) is 12.2. The molecule has 4 aromatic carbocycles. The second-order valence-corrected chi connectivity index (χ2v) is 8.96. The fourth-order valence-electron chi connectivity index (χ4n) is 4.85. The summed E-state index contributed by atoms with van der Waals surface area (Å²) in [6.07, 6.45) is 0.0728. The van der Waals surface area contributed by atoms with Crippen LogP contribution in [0.25, 0.3) is 22.3 Å². The van der Waals surface area contributed by atoms with Gasteiger partial charge in [0, 0.05) is 5.92 Å². The molecule has 0 saturated carbocycles. The molecule has 1 aliphatic rings. The number of carbonyl (C=O) groups is 2. The molecule has 0 saturated heterocycles. The van der Waals surface area contributed by atoms with E-state index >= 15 is 0 Å². The van der Waals surface area contributed by atoms with Crippen molar-refractivity contribution < 1.29 is 19.4 Å². The predicted octanol–water partition coefficient (Wildman–Crippen LogP) is 6.28. The van der Waals surface area contributed by atoms with Gasteiger partial charge < -0.3 is 15.2 Å². The maximum absolute atomic E-state index is 12.6. The summed E-state index contributed by atoms with van der Waals surface area (Å²) in [7, 11) is 0. The van der Waals surface area contributed by atoms with Crippen molar-refractivity contribution in [1.29, 1.82) is 0 Å². The largest absolute Gasteiger partial charge is 0.480 e. The fourth-order valence-corrected chi connectivity index (χ4v) is 4.85. The number of benzene rings is 4.